The van der Waals surface area contributed by atoms with Gasteiger partial charge < -0.3 is 20.4 Å². The summed E-state index contributed by atoms with van der Waals surface area (Å²) in [6, 6.07) is 7.02. The van der Waals surface area contributed by atoms with Crippen LogP contribution in [-0.4, -0.2) is 61.1 Å². The van der Waals surface area contributed by atoms with E-state index in [1.807, 2.05) is 24.8 Å². The number of nitrogens with zero attached hydrogens (tertiary/aromatic N) is 3. The van der Waals surface area contributed by atoms with E-state index in [0.717, 1.165) is 44.6 Å². The molecule has 3 aliphatic rings. The second-order valence-corrected chi connectivity index (χ2v) is 8.08. The lowest BCUT2D eigenvalue weighted by atomic mass is 9.68. The van der Waals surface area contributed by atoms with Crippen molar-refractivity contribution < 1.29 is 4.79 Å². The summed E-state index contributed by atoms with van der Waals surface area (Å²) >= 11 is 0. The van der Waals surface area contributed by atoms with Crippen molar-refractivity contribution >= 4 is 11.7 Å². The number of likely N-dealkylation sites (tertiary alicyclic amines) is 1. The van der Waals surface area contributed by atoms with Crippen LogP contribution in [0.4, 0.5) is 10.5 Å². The molecule has 0 saturated carbocycles. The smallest absolute Gasteiger partial charge is 0.317 e. The van der Waals surface area contributed by atoms with Gasteiger partial charge in [0, 0.05) is 55.8 Å². The number of urea groups is 1. The van der Waals surface area contributed by atoms with Crippen LogP contribution >= 0.6 is 0 Å². The molecular weight excluding hydrogens is 338 g/mol. The van der Waals surface area contributed by atoms with Crippen LogP contribution in [0.3, 0.4) is 0 Å². The maximum Gasteiger partial charge on any atom is 0.317 e. The summed E-state index contributed by atoms with van der Waals surface area (Å²) in [5.74, 6) is 0.792. The van der Waals surface area contributed by atoms with Gasteiger partial charge in [0.25, 0.3) is 0 Å². The Morgan fingerprint density at radius 1 is 1.33 bits per heavy atom. The molecule has 1 aromatic carbocycles. The predicted octanol–water partition coefficient (Wildman–Crippen LogP) is 2.68. The van der Waals surface area contributed by atoms with E-state index < -0.39 is 0 Å². The van der Waals surface area contributed by atoms with E-state index in [9.17, 15) is 10.1 Å². The van der Waals surface area contributed by atoms with Gasteiger partial charge in [-0.3, -0.25) is 0 Å². The van der Waals surface area contributed by atoms with Crippen LogP contribution in [0.5, 0.6) is 0 Å². The second-order valence-electron chi connectivity index (χ2n) is 8.08. The third-order valence-corrected chi connectivity index (χ3v) is 6.71. The molecule has 1 aromatic rings. The molecule has 1 saturated heterocycles. The lowest BCUT2D eigenvalue weighted by molar-refractivity contribution is 0.108. The summed E-state index contributed by atoms with van der Waals surface area (Å²) in [6.07, 6.45) is 2.03. The quantitative estimate of drug-likeness (QED) is 0.862. The molecule has 2 aliphatic heterocycles. The van der Waals surface area contributed by atoms with Crippen LogP contribution in [0.25, 0.3) is 0 Å². The highest BCUT2D eigenvalue weighted by Crippen LogP contribution is 2.51. The number of amides is 2. The van der Waals surface area contributed by atoms with E-state index in [4.69, 9.17) is 0 Å². The Morgan fingerprint density at radius 3 is 2.81 bits per heavy atom. The molecule has 27 heavy (non-hydrogen) atoms. The number of likely N-dealkylation sites (N-methyl/N-ethyl adjacent to an activating group) is 1. The molecule has 4 rings (SSSR count). The first-order valence-corrected chi connectivity index (χ1v) is 10.1. The molecule has 6 nitrogen and oxygen atoms in total. The predicted molar refractivity (Wildman–Crippen MR) is 106 cm³/mol. The van der Waals surface area contributed by atoms with Gasteiger partial charge in [-0.2, -0.15) is 5.26 Å². The van der Waals surface area contributed by atoms with Gasteiger partial charge in [0.2, 0.25) is 0 Å². The van der Waals surface area contributed by atoms with Crippen LogP contribution < -0.4 is 10.6 Å². The molecule has 0 bridgehead atoms. The maximum atomic E-state index is 12.6. The third kappa shape index (κ3) is 2.94. The summed E-state index contributed by atoms with van der Waals surface area (Å²) in [5.41, 5.74) is 4.60. The number of carbonyl (C=O) groups is 1. The SMILES string of the molecule is CCN(CC)C(=O)N[C@H]1C[C@@H]2c3c(C#N)ccc4c3C(CN4)C[C@H]2N(C)C1. The number of carbonyl (C=O) groups excluding carboxylic acids is 1. The van der Waals surface area contributed by atoms with Crippen molar-refractivity contribution in [2.75, 3.05) is 38.5 Å². The van der Waals surface area contributed by atoms with E-state index in [0.29, 0.717) is 17.9 Å². The average Bonchev–Trinajstić information content (AvgIpc) is 3.07. The Labute approximate surface area is 161 Å². The highest BCUT2D eigenvalue weighted by molar-refractivity contribution is 5.74. The first-order chi connectivity index (χ1) is 13.1. The molecule has 144 valence electrons. The molecule has 6 heteroatoms. The summed E-state index contributed by atoms with van der Waals surface area (Å²) in [5, 5.41) is 16.5. The van der Waals surface area contributed by atoms with Crippen LogP contribution in [0, 0.1) is 11.3 Å². The van der Waals surface area contributed by atoms with Crippen molar-refractivity contribution in [1.82, 2.24) is 15.1 Å². The fourth-order valence-corrected chi connectivity index (χ4v) is 5.42. The van der Waals surface area contributed by atoms with Gasteiger partial charge >= 0.3 is 6.03 Å². The van der Waals surface area contributed by atoms with Gasteiger partial charge in [0.1, 0.15) is 0 Å². The van der Waals surface area contributed by atoms with E-state index in [2.05, 4.69) is 34.7 Å². The number of benzene rings is 1. The van der Waals surface area contributed by atoms with Gasteiger partial charge in [-0.1, -0.05) is 0 Å². The molecule has 2 heterocycles. The fraction of sp³-hybridized carbons (Fsp3) is 0.619. The van der Waals surface area contributed by atoms with Gasteiger partial charge in [-0.25, -0.2) is 4.79 Å². The zero-order valence-corrected chi connectivity index (χ0v) is 16.5. The highest BCUT2D eigenvalue weighted by Gasteiger charge is 2.45. The zero-order chi connectivity index (χ0) is 19.1. The average molecular weight is 367 g/mol. The summed E-state index contributed by atoms with van der Waals surface area (Å²) < 4.78 is 0. The number of anilines is 1. The summed E-state index contributed by atoms with van der Waals surface area (Å²) in [7, 11) is 2.16. The number of rotatable bonds is 3. The second kappa shape index (κ2) is 7.05. The van der Waals surface area contributed by atoms with Crippen LogP contribution in [0.15, 0.2) is 12.1 Å². The minimum atomic E-state index is 0.0194. The van der Waals surface area contributed by atoms with E-state index in [-0.39, 0.29) is 12.1 Å². The number of piperidine rings is 1. The number of fused-ring (bicyclic) bond motifs is 2. The van der Waals surface area contributed by atoms with Crippen molar-refractivity contribution in [1.29, 1.82) is 5.26 Å². The molecule has 0 radical (unpaired) electrons. The maximum absolute atomic E-state index is 12.6. The van der Waals surface area contributed by atoms with Crippen LogP contribution in [0.1, 0.15) is 55.2 Å². The Balaban J connectivity index is 1.64. The molecule has 1 unspecified atom stereocenters. The van der Waals surface area contributed by atoms with E-state index in [1.165, 1.54) is 16.8 Å². The van der Waals surface area contributed by atoms with E-state index >= 15 is 0 Å². The number of hydrogen-bond acceptors (Lipinski definition) is 4. The molecule has 1 aliphatic carbocycles. The topological polar surface area (TPSA) is 71.4 Å². The number of nitriles is 1. The van der Waals surface area contributed by atoms with Crippen molar-refractivity contribution in [3.05, 3.63) is 28.8 Å². The van der Waals surface area contributed by atoms with Crippen molar-refractivity contribution in [3.8, 4) is 6.07 Å². The molecule has 0 spiro atoms. The Kier molecular flexibility index (Phi) is 4.73. The molecule has 2 amide bonds. The fourth-order valence-electron chi connectivity index (χ4n) is 5.42. The highest BCUT2D eigenvalue weighted by atomic mass is 16.2. The van der Waals surface area contributed by atoms with Gasteiger partial charge in [0.15, 0.2) is 0 Å². The molecule has 0 aromatic heterocycles. The minimum Gasteiger partial charge on any atom is -0.384 e. The lowest BCUT2D eigenvalue weighted by Gasteiger charge is -2.48. The third-order valence-electron chi connectivity index (χ3n) is 6.71. The molecule has 4 atom stereocenters. The Hall–Kier alpha value is -2.26. The zero-order valence-electron chi connectivity index (χ0n) is 16.5. The molecular formula is C21H29N5O. The van der Waals surface area contributed by atoms with Gasteiger partial charge in [-0.15, -0.1) is 0 Å². The van der Waals surface area contributed by atoms with Crippen molar-refractivity contribution in [3.63, 3.8) is 0 Å². The standard InChI is InChI=1S/C21H29N5O/c1-4-26(5-2)21(27)24-15-9-16-18(25(3)12-15)8-14-11-23-17-7-6-13(10-22)19(16)20(14)17/h6-7,14-16,18,23H,4-5,8-9,11-12H2,1-3H3,(H,24,27)/t14?,15-,16-,18+/m0/s1. The van der Waals surface area contributed by atoms with Crippen molar-refractivity contribution in [2.45, 2.75) is 50.6 Å². The first-order valence-electron chi connectivity index (χ1n) is 10.1. The normalized spacial score (nSPS) is 28.5. The number of hydrogen-bond donors (Lipinski definition) is 2. The Morgan fingerprint density at radius 2 is 2.11 bits per heavy atom. The Bertz CT molecular complexity index is 782. The largest absolute Gasteiger partial charge is 0.384 e. The van der Waals surface area contributed by atoms with E-state index in [1.54, 1.807) is 0 Å². The van der Waals surface area contributed by atoms with Crippen LogP contribution in [-0.2, 0) is 0 Å². The number of nitrogens with one attached hydrogen (secondary N) is 2. The van der Waals surface area contributed by atoms with Gasteiger partial charge in [-0.05, 0) is 57.0 Å². The summed E-state index contributed by atoms with van der Waals surface area (Å²) in [6.45, 7) is 7.28. The van der Waals surface area contributed by atoms with Gasteiger partial charge in [0.05, 0.1) is 11.6 Å². The van der Waals surface area contributed by atoms with Crippen molar-refractivity contribution in [2.24, 2.45) is 0 Å². The van der Waals surface area contributed by atoms with Crippen LogP contribution in [0.2, 0.25) is 0 Å². The summed E-state index contributed by atoms with van der Waals surface area (Å²) in [4.78, 5) is 16.8. The first kappa shape index (κ1) is 18.1. The lowest BCUT2D eigenvalue weighted by Crippen LogP contribution is -2.56. The molecule has 2 N–H and O–H groups in total. The minimum absolute atomic E-state index is 0.0194. The molecule has 1 fully saturated rings. The monoisotopic (exact) mass is 367 g/mol.